The molecule has 0 unspecified atom stereocenters. The Bertz CT molecular complexity index is 1000. The van der Waals surface area contributed by atoms with Crippen LogP contribution >= 0.6 is 0 Å². The molecule has 3 aromatic carbocycles. The zero-order chi connectivity index (χ0) is 21.5. The zero-order valence-corrected chi connectivity index (χ0v) is 17.1. The first-order valence-corrected chi connectivity index (χ1v) is 9.50. The van der Waals surface area contributed by atoms with Gasteiger partial charge >= 0.3 is 0 Å². The molecule has 1 amide bonds. The summed E-state index contributed by atoms with van der Waals surface area (Å²) in [6, 6.07) is 18.3. The van der Waals surface area contributed by atoms with Gasteiger partial charge in [-0.25, -0.2) is 4.39 Å². The quantitative estimate of drug-likeness (QED) is 0.574. The molecule has 0 aliphatic carbocycles. The molecule has 3 rings (SSSR count). The standard InChI is InChI=1S/C24H24FNO4/c1-16(17-7-10-20(25)11-8-17)26-24(27)18-9-12-23(29-3)19(13-18)15-30-22-6-4-5-21(14-22)28-2/h4-14,16H,15H2,1-3H3,(H,26,27)/t16-/m1/s1. The third-order valence-corrected chi connectivity index (χ3v) is 4.70. The number of carbonyl (C=O) groups is 1. The van der Waals surface area contributed by atoms with Gasteiger partial charge in [0.25, 0.3) is 5.91 Å². The van der Waals surface area contributed by atoms with Gasteiger partial charge in [-0.2, -0.15) is 0 Å². The summed E-state index contributed by atoms with van der Waals surface area (Å²) >= 11 is 0. The average molecular weight is 409 g/mol. The van der Waals surface area contributed by atoms with Gasteiger partial charge in [0.2, 0.25) is 0 Å². The normalized spacial score (nSPS) is 11.5. The van der Waals surface area contributed by atoms with Crippen molar-refractivity contribution in [3.05, 3.63) is 89.2 Å². The van der Waals surface area contributed by atoms with Crippen molar-refractivity contribution < 1.29 is 23.4 Å². The fourth-order valence-corrected chi connectivity index (χ4v) is 3.00. The van der Waals surface area contributed by atoms with Crippen molar-refractivity contribution in [2.75, 3.05) is 14.2 Å². The van der Waals surface area contributed by atoms with E-state index in [1.807, 2.05) is 25.1 Å². The molecule has 156 valence electrons. The number of rotatable bonds is 8. The van der Waals surface area contributed by atoms with Crippen LogP contribution in [0.4, 0.5) is 4.39 Å². The number of benzene rings is 3. The van der Waals surface area contributed by atoms with Gasteiger partial charge in [-0.3, -0.25) is 4.79 Å². The van der Waals surface area contributed by atoms with E-state index < -0.39 is 0 Å². The van der Waals surface area contributed by atoms with Gasteiger partial charge in [-0.15, -0.1) is 0 Å². The van der Waals surface area contributed by atoms with Crippen LogP contribution in [0.5, 0.6) is 17.2 Å². The van der Waals surface area contributed by atoms with E-state index in [9.17, 15) is 9.18 Å². The average Bonchev–Trinajstić information content (AvgIpc) is 2.78. The van der Waals surface area contributed by atoms with Crippen molar-refractivity contribution in [1.82, 2.24) is 5.32 Å². The van der Waals surface area contributed by atoms with E-state index in [1.54, 1.807) is 50.6 Å². The maximum atomic E-state index is 13.1. The minimum absolute atomic E-state index is 0.227. The highest BCUT2D eigenvalue weighted by Gasteiger charge is 2.14. The number of ether oxygens (including phenoxy) is 3. The summed E-state index contributed by atoms with van der Waals surface area (Å²) in [7, 11) is 3.16. The van der Waals surface area contributed by atoms with Crippen LogP contribution in [0, 0.1) is 5.82 Å². The molecule has 0 saturated carbocycles. The molecule has 0 aliphatic heterocycles. The van der Waals surface area contributed by atoms with Gasteiger partial charge < -0.3 is 19.5 Å². The SMILES string of the molecule is COc1cccc(OCc2cc(C(=O)N[C@H](C)c3ccc(F)cc3)ccc2OC)c1. The maximum Gasteiger partial charge on any atom is 0.251 e. The largest absolute Gasteiger partial charge is 0.497 e. The van der Waals surface area contributed by atoms with Crippen molar-refractivity contribution in [3.8, 4) is 17.2 Å². The highest BCUT2D eigenvalue weighted by molar-refractivity contribution is 5.94. The van der Waals surface area contributed by atoms with Crippen LogP contribution in [0.1, 0.15) is 34.5 Å². The first-order valence-electron chi connectivity index (χ1n) is 9.50. The van der Waals surface area contributed by atoms with Crippen LogP contribution in [0.3, 0.4) is 0 Å². The minimum Gasteiger partial charge on any atom is -0.497 e. The molecule has 0 bridgehead atoms. The number of hydrogen-bond acceptors (Lipinski definition) is 4. The van der Waals surface area contributed by atoms with Crippen LogP contribution in [-0.2, 0) is 6.61 Å². The number of amides is 1. The minimum atomic E-state index is -0.312. The molecule has 6 heteroatoms. The maximum absolute atomic E-state index is 13.1. The second kappa shape index (κ2) is 9.78. The summed E-state index contributed by atoms with van der Waals surface area (Å²) in [4.78, 5) is 12.7. The third-order valence-electron chi connectivity index (χ3n) is 4.70. The van der Waals surface area contributed by atoms with Gasteiger partial charge in [0.05, 0.1) is 20.3 Å². The third kappa shape index (κ3) is 5.29. The van der Waals surface area contributed by atoms with E-state index in [0.717, 1.165) is 11.1 Å². The fraction of sp³-hybridized carbons (Fsp3) is 0.208. The number of methoxy groups -OCH3 is 2. The molecule has 0 aromatic heterocycles. The van der Waals surface area contributed by atoms with Crippen molar-refractivity contribution in [3.63, 3.8) is 0 Å². The zero-order valence-electron chi connectivity index (χ0n) is 17.1. The smallest absolute Gasteiger partial charge is 0.251 e. The Labute approximate surface area is 175 Å². The molecule has 0 radical (unpaired) electrons. The lowest BCUT2D eigenvalue weighted by Crippen LogP contribution is -2.26. The van der Waals surface area contributed by atoms with Gasteiger partial charge in [0, 0.05) is 17.2 Å². The lowest BCUT2D eigenvalue weighted by molar-refractivity contribution is 0.0939. The van der Waals surface area contributed by atoms with E-state index in [-0.39, 0.29) is 24.4 Å². The summed E-state index contributed by atoms with van der Waals surface area (Å²) in [5.41, 5.74) is 2.04. The van der Waals surface area contributed by atoms with Gasteiger partial charge in [0.1, 0.15) is 29.7 Å². The van der Waals surface area contributed by atoms with E-state index in [0.29, 0.717) is 22.8 Å². The summed E-state index contributed by atoms with van der Waals surface area (Å²) in [6.07, 6.45) is 0. The van der Waals surface area contributed by atoms with Crippen LogP contribution in [0.25, 0.3) is 0 Å². The summed E-state index contributed by atoms with van der Waals surface area (Å²) < 4.78 is 29.6. The first kappa shape index (κ1) is 21.2. The Morgan fingerprint density at radius 1 is 0.967 bits per heavy atom. The van der Waals surface area contributed by atoms with E-state index >= 15 is 0 Å². The highest BCUT2D eigenvalue weighted by atomic mass is 19.1. The molecule has 1 atom stereocenters. The number of carbonyl (C=O) groups excluding carboxylic acids is 1. The van der Waals surface area contributed by atoms with Gasteiger partial charge in [-0.1, -0.05) is 18.2 Å². The van der Waals surface area contributed by atoms with Gasteiger partial charge in [-0.05, 0) is 55.0 Å². The first-order chi connectivity index (χ1) is 14.5. The Hall–Kier alpha value is -3.54. The second-order valence-electron chi connectivity index (χ2n) is 6.74. The van der Waals surface area contributed by atoms with Crippen LogP contribution in [0.2, 0.25) is 0 Å². The Morgan fingerprint density at radius 2 is 1.70 bits per heavy atom. The van der Waals surface area contributed by atoms with Crippen molar-refractivity contribution in [2.24, 2.45) is 0 Å². The predicted molar refractivity (Wildman–Crippen MR) is 113 cm³/mol. The summed E-state index contributed by atoms with van der Waals surface area (Å²) in [5.74, 6) is 1.42. The predicted octanol–water partition coefficient (Wildman–Crippen LogP) is 4.91. The number of halogens is 1. The summed E-state index contributed by atoms with van der Waals surface area (Å²) in [5, 5.41) is 2.93. The molecular formula is C24H24FNO4. The van der Waals surface area contributed by atoms with Crippen LogP contribution in [0.15, 0.2) is 66.7 Å². The molecule has 0 fully saturated rings. The van der Waals surface area contributed by atoms with Crippen molar-refractivity contribution in [1.29, 1.82) is 0 Å². The van der Waals surface area contributed by atoms with Crippen LogP contribution in [-0.4, -0.2) is 20.1 Å². The lowest BCUT2D eigenvalue weighted by atomic mass is 10.1. The molecule has 0 spiro atoms. The molecule has 5 nitrogen and oxygen atoms in total. The Balaban J connectivity index is 1.72. The topological polar surface area (TPSA) is 56.8 Å². The number of hydrogen-bond donors (Lipinski definition) is 1. The summed E-state index contributed by atoms with van der Waals surface area (Å²) in [6.45, 7) is 2.08. The monoisotopic (exact) mass is 409 g/mol. The molecule has 0 saturated heterocycles. The van der Waals surface area contributed by atoms with Crippen LogP contribution < -0.4 is 19.5 Å². The molecule has 1 N–H and O–H groups in total. The molecule has 0 aliphatic rings. The Kier molecular flexibility index (Phi) is 6.91. The highest BCUT2D eigenvalue weighted by Crippen LogP contribution is 2.25. The molecule has 3 aromatic rings. The lowest BCUT2D eigenvalue weighted by Gasteiger charge is -2.16. The van der Waals surface area contributed by atoms with Gasteiger partial charge in [0.15, 0.2) is 0 Å². The van der Waals surface area contributed by atoms with E-state index in [1.165, 1.54) is 12.1 Å². The van der Waals surface area contributed by atoms with Crippen molar-refractivity contribution in [2.45, 2.75) is 19.6 Å². The fourth-order valence-electron chi connectivity index (χ4n) is 3.00. The number of nitrogens with one attached hydrogen (secondary N) is 1. The van der Waals surface area contributed by atoms with E-state index in [2.05, 4.69) is 5.32 Å². The van der Waals surface area contributed by atoms with Crippen molar-refractivity contribution >= 4 is 5.91 Å². The molecule has 0 heterocycles. The molecular weight excluding hydrogens is 385 g/mol. The molecule has 30 heavy (non-hydrogen) atoms. The second-order valence-corrected chi connectivity index (χ2v) is 6.74. The Morgan fingerprint density at radius 3 is 2.40 bits per heavy atom. The van der Waals surface area contributed by atoms with E-state index in [4.69, 9.17) is 14.2 Å².